The molecule has 0 aliphatic carbocycles. The minimum Gasteiger partial charge on any atom is -0.347 e. The number of thiol groups is 1. The van der Waals surface area contributed by atoms with Gasteiger partial charge in [0.2, 0.25) is 5.91 Å². The molecule has 0 bridgehead atoms. The minimum absolute atomic E-state index is 0.126. The van der Waals surface area contributed by atoms with Crippen LogP contribution in [0, 0.1) is 0 Å². The van der Waals surface area contributed by atoms with Crippen LogP contribution >= 0.6 is 12.6 Å². The largest absolute Gasteiger partial charge is 0.347 e. The van der Waals surface area contributed by atoms with Crippen molar-refractivity contribution in [1.82, 2.24) is 5.32 Å². The van der Waals surface area contributed by atoms with Crippen LogP contribution in [0.5, 0.6) is 0 Å². The Hall–Kier alpha value is -0.180. The second-order valence-electron chi connectivity index (χ2n) is 2.92. The zero-order valence-corrected chi connectivity index (χ0v) is 8.70. The summed E-state index contributed by atoms with van der Waals surface area (Å²) in [6.45, 7) is 2.19. The maximum atomic E-state index is 10.9. The smallest absolute Gasteiger partial charge is 0.220 e. The maximum Gasteiger partial charge on any atom is 0.220 e. The molecule has 0 spiro atoms. The summed E-state index contributed by atoms with van der Waals surface area (Å²) in [4.78, 5) is 10.9. The van der Waals surface area contributed by atoms with Crippen molar-refractivity contribution in [2.75, 3.05) is 5.88 Å². The Morgan fingerprint density at radius 1 is 1.25 bits per heavy atom. The number of unbranched alkanes of at least 4 members (excludes halogenated alkanes) is 4. The molecule has 0 aromatic heterocycles. The minimum atomic E-state index is 0.126. The lowest BCUT2D eigenvalue weighted by Crippen LogP contribution is -2.20. The van der Waals surface area contributed by atoms with E-state index in [1.54, 1.807) is 0 Å². The second kappa shape index (κ2) is 8.91. The van der Waals surface area contributed by atoms with E-state index in [4.69, 9.17) is 0 Å². The fourth-order valence-corrected chi connectivity index (χ4v) is 1.24. The maximum absolute atomic E-state index is 10.9. The van der Waals surface area contributed by atoms with Crippen molar-refractivity contribution in [3.05, 3.63) is 0 Å². The first-order valence-corrected chi connectivity index (χ1v) is 5.32. The first-order valence-electron chi connectivity index (χ1n) is 4.68. The molecule has 72 valence electrons. The van der Waals surface area contributed by atoms with Crippen molar-refractivity contribution in [3.8, 4) is 0 Å². The summed E-state index contributed by atoms with van der Waals surface area (Å²) in [7, 11) is 0. The average Bonchev–Trinajstić information content (AvgIpc) is 2.05. The Kier molecular flexibility index (Phi) is 8.78. The van der Waals surface area contributed by atoms with Gasteiger partial charge in [-0.3, -0.25) is 4.79 Å². The van der Waals surface area contributed by atoms with Crippen LogP contribution in [0.1, 0.15) is 45.4 Å². The van der Waals surface area contributed by atoms with E-state index in [0.717, 1.165) is 6.42 Å². The molecule has 0 saturated carbocycles. The molecule has 0 aliphatic heterocycles. The van der Waals surface area contributed by atoms with Gasteiger partial charge >= 0.3 is 0 Å². The molecule has 1 N–H and O–H groups in total. The SMILES string of the molecule is CCCCCCCC(=O)NCS. The standard InChI is InChI=1S/C9H19NOS/c1-2-3-4-5-6-7-9(11)10-8-12/h12H,2-8H2,1H3,(H,10,11). The van der Waals surface area contributed by atoms with Gasteiger partial charge in [-0.15, -0.1) is 0 Å². The highest BCUT2D eigenvalue weighted by molar-refractivity contribution is 7.80. The Labute approximate surface area is 80.5 Å². The molecule has 3 heteroatoms. The molecule has 0 aliphatic rings. The number of carbonyl (C=O) groups is 1. The molecular formula is C9H19NOS. The van der Waals surface area contributed by atoms with E-state index in [9.17, 15) is 4.79 Å². The molecule has 0 rings (SSSR count). The number of nitrogens with one attached hydrogen (secondary N) is 1. The molecule has 0 aromatic rings. The summed E-state index contributed by atoms with van der Waals surface area (Å²) in [6.07, 6.45) is 6.64. The van der Waals surface area contributed by atoms with E-state index >= 15 is 0 Å². The Morgan fingerprint density at radius 3 is 2.50 bits per heavy atom. The highest BCUT2D eigenvalue weighted by Crippen LogP contribution is 2.04. The Bertz CT molecular complexity index is 117. The van der Waals surface area contributed by atoms with Crippen LogP contribution in [0.3, 0.4) is 0 Å². The molecule has 0 saturated heterocycles. The average molecular weight is 189 g/mol. The fraction of sp³-hybridized carbons (Fsp3) is 0.889. The normalized spacial score (nSPS) is 9.83. The van der Waals surface area contributed by atoms with Crippen molar-refractivity contribution >= 4 is 18.5 Å². The van der Waals surface area contributed by atoms with Gasteiger partial charge in [0.1, 0.15) is 0 Å². The predicted octanol–water partition coefficient (Wildman–Crippen LogP) is 2.35. The van der Waals surface area contributed by atoms with Crippen molar-refractivity contribution < 1.29 is 4.79 Å². The number of amides is 1. The summed E-state index contributed by atoms with van der Waals surface area (Å²) in [6, 6.07) is 0. The zero-order valence-electron chi connectivity index (χ0n) is 7.81. The predicted molar refractivity (Wildman–Crippen MR) is 55.4 cm³/mol. The Morgan fingerprint density at radius 2 is 1.92 bits per heavy atom. The van der Waals surface area contributed by atoms with E-state index < -0.39 is 0 Å². The lowest BCUT2D eigenvalue weighted by Gasteiger charge is -2.00. The third-order valence-corrected chi connectivity index (χ3v) is 1.94. The fourth-order valence-electron chi connectivity index (χ4n) is 1.07. The monoisotopic (exact) mass is 189 g/mol. The molecule has 0 aromatic carbocycles. The van der Waals surface area contributed by atoms with Crippen molar-refractivity contribution in [3.63, 3.8) is 0 Å². The number of hydrogen-bond acceptors (Lipinski definition) is 2. The molecule has 0 heterocycles. The molecule has 1 amide bonds. The summed E-state index contributed by atoms with van der Waals surface area (Å²) >= 11 is 3.91. The van der Waals surface area contributed by atoms with E-state index in [2.05, 4.69) is 24.9 Å². The van der Waals surface area contributed by atoms with Crippen LogP contribution in [0.25, 0.3) is 0 Å². The van der Waals surface area contributed by atoms with Gasteiger partial charge < -0.3 is 5.32 Å². The molecule has 2 nitrogen and oxygen atoms in total. The molecular weight excluding hydrogens is 170 g/mol. The Balaban J connectivity index is 3.03. The quantitative estimate of drug-likeness (QED) is 0.359. The van der Waals surface area contributed by atoms with Crippen LogP contribution in [0.2, 0.25) is 0 Å². The summed E-state index contributed by atoms with van der Waals surface area (Å²) < 4.78 is 0. The van der Waals surface area contributed by atoms with E-state index in [1.807, 2.05) is 0 Å². The topological polar surface area (TPSA) is 29.1 Å². The summed E-state index contributed by atoms with van der Waals surface area (Å²) in [5.41, 5.74) is 0. The van der Waals surface area contributed by atoms with Crippen LogP contribution < -0.4 is 5.32 Å². The lowest BCUT2D eigenvalue weighted by atomic mass is 10.1. The molecule has 0 unspecified atom stereocenters. The van der Waals surface area contributed by atoms with Gasteiger partial charge in [-0.05, 0) is 6.42 Å². The highest BCUT2D eigenvalue weighted by Gasteiger charge is 1.97. The van der Waals surface area contributed by atoms with Crippen LogP contribution in [-0.4, -0.2) is 11.8 Å². The van der Waals surface area contributed by atoms with Crippen molar-refractivity contribution in [2.45, 2.75) is 45.4 Å². The highest BCUT2D eigenvalue weighted by atomic mass is 32.1. The van der Waals surface area contributed by atoms with Crippen molar-refractivity contribution in [2.24, 2.45) is 0 Å². The first kappa shape index (κ1) is 11.8. The van der Waals surface area contributed by atoms with Crippen LogP contribution in [0.4, 0.5) is 0 Å². The molecule has 0 fully saturated rings. The van der Waals surface area contributed by atoms with E-state index in [1.165, 1.54) is 25.7 Å². The van der Waals surface area contributed by atoms with Gasteiger partial charge in [0.05, 0.1) is 5.88 Å². The first-order chi connectivity index (χ1) is 5.81. The summed E-state index contributed by atoms with van der Waals surface area (Å²) in [5.74, 6) is 0.579. The van der Waals surface area contributed by atoms with E-state index in [0.29, 0.717) is 12.3 Å². The molecule has 0 atom stereocenters. The van der Waals surface area contributed by atoms with Crippen LogP contribution in [-0.2, 0) is 4.79 Å². The third kappa shape index (κ3) is 7.92. The van der Waals surface area contributed by atoms with E-state index in [-0.39, 0.29) is 5.91 Å². The third-order valence-electron chi connectivity index (χ3n) is 1.78. The molecule has 12 heavy (non-hydrogen) atoms. The number of hydrogen-bond donors (Lipinski definition) is 2. The van der Waals surface area contributed by atoms with Gasteiger partial charge in [0.15, 0.2) is 0 Å². The van der Waals surface area contributed by atoms with Gasteiger partial charge in [-0.1, -0.05) is 32.6 Å². The van der Waals surface area contributed by atoms with Crippen LogP contribution in [0.15, 0.2) is 0 Å². The lowest BCUT2D eigenvalue weighted by molar-refractivity contribution is -0.120. The van der Waals surface area contributed by atoms with Gasteiger partial charge in [0, 0.05) is 6.42 Å². The number of carbonyl (C=O) groups excluding carboxylic acids is 1. The number of rotatable bonds is 7. The van der Waals surface area contributed by atoms with Crippen molar-refractivity contribution in [1.29, 1.82) is 0 Å². The zero-order chi connectivity index (χ0) is 9.23. The van der Waals surface area contributed by atoms with Gasteiger partial charge in [-0.2, -0.15) is 12.6 Å². The van der Waals surface area contributed by atoms with Gasteiger partial charge in [0.25, 0.3) is 0 Å². The molecule has 0 radical (unpaired) electrons. The summed E-state index contributed by atoms with van der Waals surface area (Å²) in [5, 5.41) is 2.66. The van der Waals surface area contributed by atoms with Gasteiger partial charge in [-0.25, -0.2) is 0 Å². The second-order valence-corrected chi connectivity index (χ2v) is 3.24.